The molecule has 1 unspecified atom stereocenters. The summed E-state index contributed by atoms with van der Waals surface area (Å²) in [6.07, 6.45) is -0.0989. The Morgan fingerprint density at radius 3 is 2.84 bits per heavy atom. The second-order valence-electron chi connectivity index (χ2n) is 4.58. The second-order valence-corrected chi connectivity index (χ2v) is 4.58. The summed E-state index contributed by atoms with van der Waals surface area (Å²) in [5, 5.41) is 9.57. The molecule has 0 aromatic heterocycles. The monoisotopic (exact) mass is 263 g/mol. The molecule has 1 aromatic rings. The molecular formula is C14H17NO4. The summed E-state index contributed by atoms with van der Waals surface area (Å²) >= 11 is 0. The lowest BCUT2D eigenvalue weighted by molar-refractivity contribution is -0.128. The van der Waals surface area contributed by atoms with Gasteiger partial charge >= 0.3 is 0 Å². The van der Waals surface area contributed by atoms with Gasteiger partial charge in [0.05, 0.1) is 19.1 Å². The van der Waals surface area contributed by atoms with Crippen LogP contribution in [-0.2, 0) is 16.0 Å². The van der Waals surface area contributed by atoms with Crippen LogP contribution in [0.1, 0.15) is 22.3 Å². The maximum atomic E-state index is 12.2. The maximum Gasteiger partial charge on any atom is 0.260 e. The van der Waals surface area contributed by atoms with E-state index in [0.717, 1.165) is 5.56 Å². The Morgan fingerprint density at radius 1 is 1.37 bits per heavy atom. The molecule has 1 aliphatic rings. The Balaban J connectivity index is 2.07. The van der Waals surface area contributed by atoms with Gasteiger partial charge in [0.1, 0.15) is 0 Å². The first-order chi connectivity index (χ1) is 9.13. The van der Waals surface area contributed by atoms with E-state index < -0.39 is 6.10 Å². The molecule has 1 atom stereocenters. The van der Waals surface area contributed by atoms with Gasteiger partial charge in [0.2, 0.25) is 5.91 Å². The maximum absolute atomic E-state index is 12.2. The average Bonchev–Trinajstić information content (AvgIpc) is 2.39. The van der Waals surface area contributed by atoms with E-state index in [9.17, 15) is 14.7 Å². The third kappa shape index (κ3) is 3.00. The predicted molar refractivity (Wildman–Crippen MR) is 68.7 cm³/mol. The second kappa shape index (κ2) is 5.95. The molecule has 102 valence electrons. The number of aliphatic hydroxyl groups excluding tert-OH is 1. The first-order valence-corrected chi connectivity index (χ1v) is 6.23. The fraction of sp³-hybridized carbons (Fsp3) is 0.429. The van der Waals surface area contributed by atoms with Gasteiger partial charge in [-0.15, -0.1) is 0 Å². The molecule has 0 aliphatic carbocycles. The molecule has 5 heteroatoms. The predicted octanol–water partition coefficient (Wildman–Crippen LogP) is 0.609. The van der Waals surface area contributed by atoms with Crippen LogP contribution in [0.2, 0.25) is 0 Å². The van der Waals surface area contributed by atoms with Crippen molar-refractivity contribution in [3.05, 3.63) is 35.4 Å². The number of hydrogen-bond donors (Lipinski definition) is 1. The molecule has 0 saturated carbocycles. The molecule has 0 spiro atoms. The van der Waals surface area contributed by atoms with E-state index in [4.69, 9.17) is 4.74 Å². The zero-order valence-electron chi connectivity index (χ0n) is 10.8. The lowest BCUT2D eigenvalue weighted by Gasteiger charge is -2.27. The molecule has 0 radical (unpaired) electrons. The van der Waals surface area contributed by atoms with E-state index in [0.29, 0.717) is 12.0 Å². The highest BCUT2D eigenvalue weighted by molar-refractivity contribution is 6.09. The number of nitrogens with zero attached hydrogens (tertiary/aromatic N) is 1. The average molecular weight is 263 g/mol. The fourth-order valence-electron chi connectivity index (χ4n) is 2.18. The van der Waals surface area contributed by atoms with E-state index in [2.05, 4.69) is 0 Å². The lowest BCUT2D eigenvalue weighted by atomic mass is 9.98. The minimum Gasteiger partial charge on any atom is -0.391 e. The van der Waals surface area contributed by atoms with Crippen LogP contribution in [0, 0.1) is 0 Å². The van der Waals surface area contributed by atoms with Crippen LogP contribution in [0.4, 0.5) is 0 Å². The van der Waals surface area contributed by atoms with Gasteiger partial charge in [0.15, 0.2) is 0 Å². The van der Waals surface area contributed by atoms with Crippen molar-refractivity contribution >= 4 is 11.8 Å². The Bertz CT molecular complexity index is 486. The number of carbonyl (C=O) groups is 2. The lowest BCUT2D eigenvalue weighted by Crippen LogP contribution is -2.43. The molecule has 19 heavy (non-hydrogen) atoms. The van der Waals surface area contributed by atoms with E-state index in [1.807, 2.05) is 6.07 Å². The Labute approximate surface area is 111 Å². The molecule has 0 bridgehead atoms. The Morgan fingerprint density at radius 2 is 2.11 bits per heavy atom. The van der Waals surface area contributed by atoms with Crippen molar-refractivity contribution < 1.29 is 19.4 Å². The molecule has 1 aliphatic heterocycles. The number of hydrogen-bond acceptors (Lipinski definition) is 4. The van der Waals surface area contributed by atoms with Crippen molar-refractivity contribution in [1.82, 2.24) is 4.90 Å². The minimum absolute atomic E-state index is 0.201. The van der Waals surface area contributed by atoms with Gasteiger partial charge in [-0.25, -0.2) is 0 Å². The SMILES string of the molecule is COCC(O)CCN1C(=O)Cc2ccccc2C1=O. The Kier molecular flexibility index (Phi) is 4.29. The van der Waals surface area contributed by atoms with E-state index in [-0.39, 0.29) is 31.4 Å². The minimum atomic E-state index is -0.664. The van der Waals surface area contributed by atoms with E-state index in [1.165, 1.54) is 12.0 Å². The highest BCUT2D eigenvalue weighted by Gasteiger charge is 2.30. The van der Waals surface area contributed by atoms with Gasteiger partial charge in [0, 0.05) is 19.2 Å². The van der Waals surface area contributed by atoms with Crippen LogP contribution in [0.25, 0.3) is 0 Å². The number of benzene rings is 1. The standard InChI is InChI=1S/C14H17NO4/c1-19-9-11(16)6-7-15-13(17)8-10-4-2-3-5-12(10)14(15)18/h2-5,11,16H,6-9H2,1H3. The summed E-state index contributed by atoms with van der Waals surface area (Å²) in [7, 11) is 1.50. The van der Waals surface area contributed by atoms with E-state index >= 15 is 0 Å². The number of ether oxygens (including phenoxy) is 1. The molecule has 2 amide bonds. The molecule has 1 N–H and O–H groups in total. The van der Waals surface area contributed by atoms with Crippen molar-refractivity contribution in [1.29, 1.82) is 0 Å². The van der Waals surface area contributed by atoms with Crippen molar-refractivity contribution in [2.24, 2.45) is 0 Å². The number of rotatable bonds is 5. The van der Waals surface area contributed by atoms with Gasteiger partial charge in [-0.05, 0) is 18.1 Å². The first-order valence-electron chi connectivity index (χ1n) is 6.23. The third-order valence-electron chi connectivity index (χ3n) is 3.18. The summed E-state index contributed by atoms with van der Waals surface area (Å²) < 4.78 is 4.82. The summed E-state index contributed by atoms with van der Waals surface area (Å²) in [5.41, 5.74) is 1.34. The van der Waals surface area contributed by atoms with Crippen molar-refractivity contribution in [3.63, 3.8) is 0 Å². The Hall–Kier alpha value is -1.72. The van der Waals surface area contributed by atoms with Crippen LogP contribution >= 0.6 is 0 Å². The molecule has 5 nitrogen and oxygen atoms in total. The highest BCUT2D eigenvalue weighted by atomic mass is 16.5. The van der Waals surface area contributed by atoms with Gasteiger partial charge in [-0.2, -0.15) is 0 Å². The zero-order valence-corrected chi connectivity index (χ0v) is 10.8. The van der Waals surface area contributed by atoms with Gasteiger partial charge in [-0.3, -0.25) is 14.5 Å². The molecule has 0 saturated heterocycles. The first kappa shape index (κ1) is 13.7. The van der Waals surface area contributed by atoms with Crippen LogP contribution in [-0.4, -0.2) is 48.2 Å². The number of aliphatic hydroxyl groups is 1. The van der Waals surface area contributed by atoms with Gasteiger partial charge in [0.25, 0.3) is 5.91 Å². The summed E-state index contributed by atoms with van der Waals surface area (Å²) in [4.78, 5) is 25.3. The largest absolute Gasteiger partial charge is 0.391 e. The van der Waals surface area contributed by atoms with Gasteiger partial charge in [-0.1, -0.05) is 18.2 Å². The molecule has 0 fully saturated rings. The van der Waals surface area contributed by atoms with Crippen LogP contribution in [0.15, 0.2) is 24.3 Å². The summed E-state index contributed by atoms with van der Waals surface area (Å²) in [5.74, 6) is -0.496. The van der Waals surface area contributed by atoms with Crippen molar-refractivity contribution in [2.75, 3.05) is 20.3 Å². The highest BCUT2D eigenvalue weighted by Crippen LogP contribution is 2.19. The smallest absolute Gasteiger partial charge is 0.260 e. The number of amides is 2. The van der Waals surface area contributed by atoms with Gasteiger partial charge < -0.3 is 9.84 Å². The van der Waals surface area contributed by atoms with Crippen LogP contribution in [0.3, 0.4) is 0 Å². The fourth-order valence-corrected chi connectivity index (χ4v) is 2.18. The topological polar surface area (TPSA) is 66.8 Å². The van der Waals surface area contributed by atoms with Crippen LogP contribution in [0.5, 0.6) is 0 Å². The zero-order chi connectivity index (χ0) is 13.8. The number of methoxy groups -OCH3 is 1. The quantitative estimate of drug-likeness (QED) is 0.790. The van der Waals surface area contributed by atoms with Crippen molar-refractivity contribution in [2.45, 2.75) is 18.9 Å². The molecule has 1 heterocycles. The van der Waals surface area contributed by atoms with E-state index in [1.54, 1.807) is 18.2 Å². The number of fused-ring (bicyclic) bond motifs is 1. The number of carbonyl (C=O) groups excluding carboxylic acids is 2. The van der Waals surface area contributed by atoms with Crippen molar-refractivity contribution in [3.8, 4) is 0 Å². The summed E-state index contributed by atoms with van der Waals surface area (Å²) in [6, 6.07) is 7.12. The molecule has 1 aromatic carbocycles. The molecule has 2 rings (SSSR count). The van der Waals surface area contributed by atoms with Crippen LogP contribution < -0.4 is 0 Å². The third-order valence-corrected chi connectivity index (χ3v) is 3.18. The molecular weight excluding hydrogens is 246 g/mol. The number of imide groups is 1. The summed E-state index contributed by atoms with van der Waals surface area (Å²) in [6.45, 7) is 0.420. The normalized spacial score (nSPS) is 16.4.